The van der Waals surface area contributed by atoms with Crippen molar-refractivity contribution >= 4 is 5.97 Å². The summed E-state index contributed by atoms with van der Waals surface area (Å²) in [7, 11) is 0. The summed E-state index contributed by atoms with van der Waals surface area (Å²) in [4.78, 5) is 14.9. The molecule has 0 radical (unpaired) electrons. The van der Waals surface area contributed by atoms with Crippen LogP contribution in [0.5, 0.6) is 0 Å². The Labute approximate surface area is 84.5 Å². The van der Waals surface area contributed by atoms with Gasteiger partial charge in [-0.25, -0.2) is 9.78 Å². The van der Waals surface area contributed by atoms with Gasteiger partial charge in [0.1, 0.15) is 29.0 Å². The molecule has 78 valence electrons. The summed E-state index contributed by atoms with van der Waals surface area (Å²) in [6.45, 7) is 3.20. The third-order valence-corrected chi connectivity index (χ3v) is 1.94. The number of aromatic nitrogens is 2. The monoisotopic (exact) mass is 208 g/mol. The van der Waals surface area contributed by atoms with Gasteiger partial charge in [0.05, 0.1) is 0 Å². The standard InChI is InChI=1S/C9H8N2O4/c1-4-7(9(12)13)8(11-15-4)6-3-14-5(2)10-6/h3H,1-2H3,(H,12,13). The highest BCUT2D eigenvalue weighted by Gasteiger charge is 2.22. The van der Waals surface area contributed by atoms with Gasteiger partial charge in [-0.3, -0.25) is 0 Å². The summed E-state index contributed by atoms with van der Waals surface area (Å²) >= 11 is 0. The Morgan fingerprint density at radius 3 is 2.73 bits per heavy atom. The van der Waals surface area contributed by atoms with Gasteiger partial charge in [-0.2, -0.15) is 0 Å². The largest absolute Gasteiger partial charge is 0.477 e. The second kappa shape index (κ2) is 3.23. The van der Waals surface area contributed by atoms with Crippen LogP contribution in [0.25, 0.3) is 11.4 Å². The number of carboxylic acid groups (broad SMARTS) is 1. The maximum atomic E-state index is 10.9. The number of carbonyl (C=O) groups is 1. The summed E-state index contributed by atoms with van der Waals surface area (Å²) in [5.74, 6) is -0.399. The SMILES string of the molecule is Cc1nc(-c2noc(C)c2C(=O)O)co1. The molecule has 0 aromatic carbocycles. The number of hydrogen-bond donors (Lipinski definition) is 1. The molecule has 2 heterocycles. The Kier molecular flexibility index (Phi) is 2.03. The van der Waals surface area contributed by atoms with Crippen molar-refractivity contribution in [3.63, 3.8) is 0 Å². The third kappa shape index (κ3) is 1.50. The molecule has 0 fully saturated rings. The van der Waals surface area contributed by atoms with Crippen LogP contribution in [0.4, 0.5) is 0 Å². The van der Waals surface area contributed by atoms with Crippen LogP contribution in [0.2, 0.25) is 0 Å². The lowest BCUT2D eigenvalue weighted by molar-refractivity contribution is 0.0695. The second-order valence-electron chi connectivity index (χ2n) is 3.02. The molecule has 0 unspecified atom stereocenters. The van der Waals surface area contributed by atoms with E-state index in [1.807, 2.05) is 0 Å². The zero-order valence-corrected chi connectivity index (χ0v) is 8.14. The molecule has 6 nitrogen and oxygen atoms in total. The highest BCUT2D eigenvalue weighted by molar-refractivity contribution is 5.95. The highest BCUT2D eigenvalue weighted by Crippen LogP contribution is 2.24. The minimum Gasteiger partial charge on any atom is -0.477 e. The zero-order chi connectivity index (χ0) is 11.0. The Hall–Kier alpha value is -2.11. The molecule has 2 rings (SSSR count). The van der Waals surface area contributed by atoms with Crippen LogP contribution in [0.15, 0.2) is 15.2 Å². The maximum absolute atomic E-state index is 10.9. The van der Waals surface area contributed by atoms with Gasteiger partial charge in [-0.1, -0.05) is 5.16 Å². The van der Waals surface area contributed by atoms with Crippen molar-refractivity contribution in [3.8, 4) is 11.4 Å². The van der Waals surface area contributed by atoms with Crippen LogP contribution in [-0.2, 0) is 0 Å². The molecule has 6 heteroatoms. The fraction of sp³-hybridized carbons (Fsp3) is 0.222. The molecule has 0 aliphatic rings. The first-order chi connectivity index (χ1) is 7.09. The minimum absolute atomic E-state index is 0.0169. The van der Waals surface area contributed by atoms with Crippen molar-refractivity contribution in [2.24, 2.45) is 0 Å². The Morgan fingerprint density at radius 1 is 1.47 bits per heavy atom. The number of aryl methyl sites for hydroxylation is 2. The molecule has 1 N–H and O–H groups in total. The van der Waals surface area contributed by atoms with Crippen molar-refractivity contribution < 1.29 is 18.8 Å². The summed E-state index contributed by atoms with van der Waals surface area (Å²) in [6, 6.07) is 0. The first-order valence-corrected chi connectivity index (χ1v) is 4.21. The molecule has 0 aliphatic carbocycles. The summed E-state index contributed by atoms with van der Waals surface area (Å²) < 4.78 is 9.79. The molecule has 2 aromatic heterocycles. The predicted molar refractivity (Wildman–Crippen MR) is 48.4 cm³/mol. The van der Waals surface area contributed by atoms with Gasteiger partial charge in [0.25, 0.3) is 0 Å². The molecule has 2 aromatic rings. The lowest BCUT2D eigenvalue weighted by Gasteiger charge is -1.91. The zero-order valence-electron chi connectivity index (χ0n) is 8.14. The van der Waals surface area contributed by atoms with Crippen LogP contribution in [-0.4, -0.2) is 21.2 Å². The van der Waals surface area contributed by atoms with E-state index in [0.717, 1.165) is 0 Å². The van der Waals surface area contributed by atoms with Gasteiger partial charge in [-0.05, 0) is 6.92 Å². The molecule has 15 heavy (non-hydrogen) atoms. The normalized spacial score (nSPS) is 10.5. The van der Waals surface area contributed by atoms with E-state index >= 15 is 0 Å². The number of aromatic carboxylic acids is 1. The van der Waals surface area contributed by atoms with E-state index < -0.39 is 5.97 Å². The first-order valence-electron chi connectivity index (χ1n) is 4.21. The van der Waals surface area contributed by atoms with Crippen molar-refractivity contribution in [3.05, 3.63) is 23.5 Å². The number of oxazole rings is 1. The summed E-state index contributed by atoms with van der Waals surface area (Å²) in [6.07, 6.45) is 1.35. The lowest BCUT2D eigenvalue weighted by Crippen LogP contribution is -1.99. The van der Waals surface area contributed by atoms with Crippen molar-refractivity contribution in [2.45, 2.75) is 13.8 Å². The summed E-state index contributed by atoms with van der Waals surface area (Å²) in [5, 5.41) is 12.6. The molecular weight excluding hydrogens is 200 g/mol. The smallest absolute Gasteiger partial charge is 0.341 e. The molecular formula is C9H8N2O4. The van der Waals surface area contributed by atoms with Crippen LogP contribution in [0, 0.1) is 13.8 Å². The fourth-order valence-electron chi connectivity index (χ4n) is 1.27. The van der Waals surface area contributed by atoms with Crippen molar-refractivity contribution in [1.29, 1.82) is 0 Å². The minimum atomic E-state index is -1.09. The highest BCUT2D eigenvalue weighted by atomic mass is 16.5. The topological polar surface area (TPSA) is 89.4 Å². The van der Waals surface area contributed by atoms with Gasteiger partial charge in [-0.15, -0.1) is 0 Å². The molecule has 0 bridgehead atoms. The van der Waals surface area contributed by atoms with Crippen LogP contribution < -0.4 is 0 Å². The Balaban J connectivity index is 2.58. The molecule has 0 saturated heterocycles. The first kappa shape index (κ1) is 9.45. The van der Waals surface area contributed by atoms with Crippen LogP contribution in [0.1, 0.15) is 22.0 Å². The van der Waals surface area contributed by atoms with Crippen LogP contribution in [0.3, 0.4) is 0 Å². The average Bonchev–Trinajstić information content (AvgIpc) is 2.71. The van der Waals surface area contributed by atoms with Gasteiger partial charge >= 0.3 is 5.97 Å². The number of carboxylic acids is 1. The molecule has 0 amide bonds. The fourth-order valence-corrected chi connectivity index (χ4v) is 1.27. The van der Waals surface area contributed by atoms with E-state index in [1.54, 1.807) is 6.92 Å². The Morgan fingerprint density at radius 2 is 2.20 bits per heavy atom. The van der Waals surface area contributed by atoms with Gasteiger partial charge in [0.2, 0.25) is 0 Å². The number of hydrogen-bond acceptors (Lipinski definition) is 5. The van der Waals surface area contributed by atoms with E-state index in [0.29, 0.717) is 11.6 Å². The van der Waals surface area contributed by atoms with Crippen molar-refractivity contribution in [2.75, 3.05) is 0 Å². The molecule has 0 aliphatic heterocycles. The quantitative estimate of drug-likeness (QED) is 0.806. The average molecular weight is 208 g/mol. The number of rotatable bonds is 2. The second-order valence-corrected chi connectivity index (χ2v) is 3.02. The number of nitrogens with zero attached hydrogens (tertiary/aromatic N) is 2. The van der Waals surface area contributed by atoms with E-state index in [4.69, 9.17) is 14.0 Å². The molecule has 0 saturated carbocycles. The van der Waals surface area contributed by atoms with Gasteiger partial charge < -0.3 is 14.0 Å². The van der Waals surface area contributed by atoms with Gasteiger partial charge in [0, 0.05) is 6.92 Å². The molecule has 0 atom stereocenters. The van der Waals surface area contributed by atoms with E-state index in [-0.39, 0.29) is 17.0 Å². The lowest BCUT2D eigenvalue weighted by atomic mass is 10.1. The van der Waals surface area contributed by atoms with E-state index in [2.05, 4.69) is 10.1 Å². The van der Waals surface area contributed by atoms with Crippen molar-refractivity contribution in [1.82, 2.24) is 10.1 Å². The third-order valence-electron chi connectivity index (χ3n) is 1.94. The molecule has 0 spiro atoms. The van der Waals surface area contributed by atoms with E-state index in [1.165, 1.54) is 13.2 Å². The Bertz CT molecular complexity index is 512. The van der Waals surface area contributed by atoms with Gasteiger partial charge in [0.15, 0.2) is 5.89 Å². The predicted octanol–water partition coefficient (Wildman–Crippen LogP) is 1.64. The van der Waals surface area contributed by atoms with Crippen LogP contribution >= 0.6 is 0 Å². The maximum Gasteiger partial charge on any atom is 0.341 e. The van der Waals surface area contributed by atoms with E-state index in [9.17, 15) is 4.79 Å². The summed E-state index contributed by atoms with van der Waals surface area (Å²) in [5.41, 5.74) is 0.571.